The summed E-state index contributed by atoms with van der Waals surface area (Å²) in [5.41, 5.74) is 8.13. The number of amides is 1. The van der Waals surface area contributed by atoms with Crippen LogP contribution in [0.2, 0.25) is 0 Å². The van der Waals surface area contributed by atoms with Gasteiger partial charge in [0.1, 0.15) is 13.1 Å². The first-order valence-electron chi connectivity index (χ1n) is 15.4. The number of thiol groups is 1. The molecule has 7 heteroatoms. The highest BCUT2D eigenvalue weighted by atomic mass is 32.1. The Morgan fingerprint density at radius 1 is 1.00 bits per heavy atom. The van der Waals surface area contributed by atoms with Crippen LogP contribution in [0, 0.1) is 0 Å². The standard InChI is InChI=1S/C36H44N4O2S/c1-8-9-14-19-37-34(42)27(22-43)38-32-23(20-30-35(2,3)25-15-10-12-17-28(25)39(30)6)33(41)24(32)21-31-36(4,5)26-16-11-13-18-29(26)40(31)7/h10-13,15-18,20-21,27,38H,8-9,14,19,22H2,1-7H3,(H-,37,42,43)/p+1. The van der Waals surface area contributed by atoms with Gasteiger partial charge < -0.3 is 15.5 Å². The molecule has 2 N–H and O–H groups in total. The predicted octanol–water partition coefficient (Wildman–Crippen LogP) is 5.96. The van der Waals surface area contributed by atoms with E-state index in [1.165, 1.54) is 11.1 Å². The number of carbonyl (C=O) groups is 2. The van der Waals surface area contributed by atoms with Gasteiger partial charge >= 0.3 is 0 Å². The Kier molecular flexibility index (Phi) is 8.50. The first-order valence-corrected chi connectivity index (χ1v) is 16.0. The summed E-state index contributed by atoms with van der Waals surface area (Å²) in [4.78, 5) is 29.4. The molecule has 5 rings (SSSR count). The van der Waals surface area contributed by atoms with Crippen molar-refractivity contribution in [1.29, 1.82) is 0 Å². The Labute approximate surface area is 262 Å². The van der Waals surface area contributed by atoms with Crippen LogP contribution < -0.4 is 15.5 Å². The predicted molar refractivity (Wildman–Crippen MR) is 180 cm³/mol. The summed E-state index contributed by atoms with van der Waals surface area (Å²) >= 11 is 4.53. The Morgan fingerprint density at radius 3 is 2.33 bits per heavy atom. The molecule has 3 aliphatic rings. The van der Waals surface area contributed by atoms with E-state index in [1.54, 1.807) is 0 Å². The van der Waals surface area contributed by atoms with Crippen LogP contribution >= 0.6 is 12.6 Å². The number of likely N-dealkylation sites (N-methyl/N-ethyl adjacent to an activating group) is 1. The highest BCUT2D eigenvalue weighted by molar-refractivity contribution is 7.80. The van der Waals surface area contributed by atoms with Gasteiger partial charge in [-0.3, -0.25) is 9.59 Å². The van der Waals surface area contributed by atoms with Gasteiger partial charge in [-0.1, -0.05) is 70.0 Å². The van der Waals surface area contributed by atoms with Crippen molar-refractivity contribution in [2.45, 2.75) is 70.8 Å². The number of hydrogen-bond donors (Lipinski definition) is 3. The molecule has 6 nitrogen and oxygen atoms in total. The van der Waals surface area contributed by atoms with E-state index in [9.17, 15) is 9.59 Å². The van der Waals surface area contributed by atoms with E-state index in [0.717, 1.165) is 42.0 Å². The van der Waals surface area contributed by atoms with Gasteiger partial charge in [0.2, 0.25) is 11.6 Å². The third-order valence-corrected chi connectivity index (χ3v) is 9.73. The lowest BCUT2D eigenvalue weighted by Crippen LogP contribution is -2.48. The van der Waals surface area contributed by atoms with E-state index in [1.807, 2.05) is 24.3 Å². The quantitative estimate of drug-likeness (QED) is 0.137. The van der Waals surface area contributed by atoms with Crippen LogP contribution in [0.15, 0.2) is 83.2 Å². The summed E-state index contributed by atoms with van der Waals surface area (Å²) in [5.74, 6) is 0.177. The van der Waals surface area contributed by atoms with Crippen LogP contribution in [0.5, 0.6) is 0 Å². The molecule has 2 heterocycles. The second-order valence-electron chi connectivity index (χ2n) is 12.9. The van der Waals surface area contributed by atoms with Gasteiger partial charge in [0.05, 0.1) is 16.7 Å². The van der Waals surface area contributed by atoms with Gasteiger partial charge in [-0.15, -0.1) is 0 Å². The lowest BCUT2D eigenvalue weighted by molar-refractivity contribution is -0.401. The minimum absolute atomic E-state index is 0.0240. The van der Waals surface area contributed by atoms with Crippen molar-refractivity contribution in [1.82, 2.24) is 10.6 Å². The number of unbranched alkanes of at least 4 members (excludes halogenated alkanes) is 2. The molecule has 0 fully saturated rings. The van der Waals surface area contributed by atoms with Crippen molar-refractivity contribution in [3.63, 3.8) is 0 Å². The number of fused-ring (bicyclic) bond motifs is 2. The molecule has 1 aliphatic carbocycles. The second-order valence-corrected chi connectivity index (χ2v) is 13.2. The van der Waals surface area contributed by atoms with Crippen molar-refractivity contribution in [2.75, 3.05) is 31.3 Å². The molecule has 1 atom stereocenters. The fraction of sp³-hybridized carbons (Fsp3) is 0.417. The van der Waals surface area contributed by atoms with Crippen LogP contribution in [0.3, 0.4) is 0 Å². The average molecular weight is 598 g/mol. The van der Waals surface area contributed by atoms with Crippen molar-refractivity contribution in [2.24, 2.45) is 0 Å². The molecule has 43 heavy (non-hydrogen) atoms. The number of para-hydroxylation sites is 2. The third-order valence-electron chi connectivity index (χ3n) is 9.37. The summed E-state index contributed by atoms with van der Waals surface area (Å²) in [6, 6.07) is 16.2. The van der Waals surface area contributed by atoms with E-state index < -0.39 is 6.04 Å². The number of anilines is 1. The Balaban J connectivity index is 1.57. The second kappa shape index (κ2) is 11.8. The maximum Gasteiger partial charge on any atom is 0.243 e. The molecule has 0 saturated carbocycles. The summed E-state index contributed by atoms with van der Waals surface area (Å²) < 4.78 is 2.17. The molecular weight excluding hydrogens is 552 g/mol. The Hall–Kier alpha value is -3.58. The summed E-state index contributed by atoms with van der Waals surface area (Å²) in [6.07, 6.45) is 7.12. The zero-order valence-electron chi connectivity index (χ0n) is 26.5. The molecule has 226 valence electrons. The lowest BCUT2D eigenvalue weighted by Gasteiger charge is -2.31. The maximum atomic E-state index is 14.0. The Morgan fingerprint density at radius 2 is 1.67 bits per heavy atom. The number of rotatable bonds is 10. The van der Waals surface area contributed by atoms with Crippen molar-refractivity contribution in [3.05, 3.63) is 94.4 Å². The van der Waals surface area contributed by atoms with Crippen molar-refractivity contribution in [3.8, 4) is 0 Å². The number of allylic oxidation sites excluding steroid dienone is 5. The molecular formula is C36H45N4O2S+. The minimum atomic E-state index is -0.576. The first kappa shape index (κ1) is 30.9. The highest BCUT2D eigenvalue weighted by Gasteiger charge is 2.46. The fourth-order valence-corrected chi connectivity index (χ4v) is 7.01. The molecule has 1 amide bonds. The maximum absolute atomic E-state index is 14.0. The van der Waals surface area contributed by atoms with Gasteiger partial charge in [0.25, 0.3) is 0 Å². The van der Waals surface area contributed by atoms with Crippen molar-refractivity contribution < 1.29 is 14.2 Å². The van der Waals surface area contributed by atoms with Gasteiger partial charge in [-0.25, -0.2) is 0 Å². The van der Waals surface area contributed by atoms with E-state index in [2.05, 4.69) is 118 Å². The van der Waals surface area contributed by atoms with Gasteiger partial charge in [-0.05, 0) is 38.0 Å². The summed E-state index contributed by atoms with van der Waals surface area (Å²) in [6.45, 7) is 11.5. The molecule has 0 radical (unpaired) electrons. The van der Waals surface area contributed by atoms with E-state index in [0.29, 0.717) is 29.1 Å². The van der Waals surface area contributed by atoms with Gasteiger partial charge in [0, 0.05) is 59.4 Å². The molecule has 0 spiro atoms. The van der Waals surface area contributed by atoms with Crippen LogP contribution in [-0.2, 0) is 20.4 Å². The van der Waals surface area contributed by atoms with Gasteiger partial charge in [-0.2, -0.15) is 17.2 Å². The lowest BCUT2D eigenvalue weighted by atomic mass is 9.77. The monoisotopic (exact) mass is 597 g/mol. The number of Topliss-reactive ketones (excluding diaryl/α,β-unsaturated/α-hetero) is 1. The molecule has 0 bridgehead atoms. The zero-order valence-corrected chi connectivity index (χ0v) is 27.4. The molecule has 2 aromatic carbocycles. The minimum Gasteiger partial charge on any atom is -0.372 e. The van der Waals surface area contributed by atoms with Crippen LogP contribution in [0.4, 0.5) is 11.4 Å². The number of hydrogen-bond acceptors (Lipinski definition) is 5. The third kappa shape index (κ3) is 5.26. The summed E-state index contributed by atoms with van der Waals surface area (Å²) in [5, 5.41) is 6.51. The van der Waals surface area contributed by atoms with E-state index >= 15 is 0 Å². The SMILES string of the molecule is CCCCCNC(=O)C(CS)NC1=C(/C=C2/N(C)c3ccccc3C2(C)C)C(=O)/C1=C\C1=[N+](C)c2ccccc2C1(C)C. The van der Waals surface area contributed by atoms with E-state index in [4.69, 9.17) is 0 Å². The van der Waals surface area contributed by atoms with E-state index in [-0.39, 0.29) is 22.5 Å². The average Bonchev–Trinajstić information content (AvgIpc) is 3.31. The molecule has 0 saturated heterocycles. The largest absolute Gasteiger partial charge is 0.372 e. The highest BCUT2D eigenvalue weighted by Crippen LogP contribution is 2.48. The number of nitrogens with zero attached hydrogens (tertiary/aromatic N) is 2. The molecule has 2 aromatic rings. The number of ketones is 1. The zero-order chi connectivity index (χ0) is 31.1. The van der Waals surface area contributed by atoms with Crippen molar-refractivity contribution >= 4 is 41.4 Å². The molecule has 0 aromatic heterocycles. The number of benzene rings is 2. The van der Waals surface area contributed by atoms with Gasteiger partial charge in [0.15, 0.2) is 11.5 Å². The summed E-state index contributed by atoms with van der Waals surface area (Å²) in [7, 11) is 4.10. The molecule has 2 aliphatic heterocycles. The molecule has 1 unspecified atom stereocenters. The topological polar surface area (TPSA) is 64.5 Å². The number of nitrogens with one attached hydrogen (secondary N) is 2. The fourth-order valence-electron chi connectivity index (χ4n) is 6.75. The van der Waals surface area contributed by atoms with Crippen LogP contribution in [0.25, 0.3) is 0 Å². The van der Waals surface area contributed by atoms with Crippen LogP contribution in [0.1, 0.15) is 65.0 Å². The smallest absolute Gasteiger partial charge is 0.243 e. The normalized spacial score (nSPS) is 20.8. The van der Waals surface area contributed by atoms with Crippen LogP contribution in [-0.4, -0.2) is 54.4 Å². The number of carbonyl (C=O) groups excluding carboxylic acids is 2. The Bertz CT molecular complexity index is 1590. The first-order chi connectivity index (χ1) is 20.4.